The fourth-order valence-corrected chi connectivity index (χ4v) is 6.11. The van der Waals surface area contributed by atoms with Gasteiger partial charge in [-0.1, -0.05) is 147 Å². The van der Waals surface area contributed by atoms with E-state index in [1.54, 1.807) is 30.3 Å². The summed E-state index contributed by atoms with van der Waals surface area (Å²) >= 11 is 0. The van der Waals surface area contributed by atoms with Crippen LogP contribution in [0.2, 0.25) is 0 Å². The van der Waals surface area contributed by atoms with E-state index in [1.807, 2.05) is 31.2 Å². The van der Waals surface area contributed by atoms with Gasteiger partial charge < -0.3 is 14.2 Å². The van der Waals surface area contributed by atoms with Gasteiger partial charge in [0.15, 0.2) is 0 Å². The molecule has 0 saturated heterocycles. The molecular weight excluding hydrogens is 651 g/mol. The third-order valence-electron chi connectivity index (χ3n) is 9.30. The maximum atomic E-state index is 14.7. The molecule has 3 rings (SSSR count). The Morgan fingerprint density at radius 1 is 0.635 bits per heavy atom. The van der Waals surface area contributed by atoms with Crippen LogP contribution >= 0.6 is 0 Å². The summed E-state index contributed by atoms with van der Waals surface area (Å²) in [5.74, 6) is 4.06. The maximum Gasteiger partial charge on any atom is 0.390 e. The molecule has 0 heterocycles. The molecule has 0 aliphatic carbocycles. The first kappa shape index (κ1) is 42.3. The molecule has 282 valence electrons. The van der Waals surface area contributed by atoms with Gasteiger partial charge >= 0.3 is 11.9 Å². The van der Waals surface area contributed by atoms with Crippen LogP contribution < -0.4 is 9.47 Å². The number of esters is 2. The summed E-state index contributed by atoms with van der Waals surface area (Å²) in [6.07, 6.45) is 23.5. The highest BCUT2D eigenvalue weighted by molar-refractivity contribution is 5.91. The van der Waals surface area contributed by atoms with Crippen molar-refractivity contribution in [1.29, 1.82) is 0 Å². The van der Waals surface area contributed by atoms with Gasteiger partial charge in [0.05, 0.1) is 23.8 Å². The first-order valence-electron chi connectivity index (χ1n) is 20.0. The maximum absolute atomic E-state index is 14.7. The Labute approximate surface area is 313 Å². The van der Waals surface area contributed by atoms with Crippen LogP contribution in [0, 0.1) is 17.7 Å². The van der Waals surface area contributed by atoms with Gasteiger partial charge in [-0.25, -0.2) is 14.0 Å². The van der Waals surface area contributed by atoms with E-state index in [0.29, 0.717) is 23.7 Å². The topological polar surface area (TPSA) is 61.8 Å². The molecule has 0 aromatic heterocycles. The molecule has 1 atom stereocenters. The van der Waals surface area contributed by atoms with Gasteiger partial charge in [0.1, 0.15) is 17.3 Å². The second-order valence-electron chi connectivity index (χ2n) is 13.9. The minimum Gasteiger partial charge on any atom is -0.493 e. The lowest BCUT2D eigenvalue weighted by Crippen LogP contribution is -2.15. The molecule has 6 heteroatoms. The number of rotatable bonds is 25. The summed E-state index contributed by atoms with van der Waals surface area (Å²) < 4.78 is 31.3. The molecule has 0 N–H and O–H groups in total. The summed E-state index contributed by atoms with van der Waals surface area (Å²) in [4.78, 5) is 24.9. The summed E-state index contributed by atoms with van der Waals surface area (Å²) in [7, 11) is 0. The summed E-state index contributed by atoms with van der Waals surface area (Å²) in [6, 6.07) is 18.7. The average Bonchev–Trinajstić information content (AvgIpc) is 3.15. The summed E-state index contributed by atoms with van der Waals surface area (Å²) in [6.45, 7) is 6.92. The molecule has 0 spiro atoms. The first-order chi connectivity index (χ1) is 25.4. The molecule has 0 bridgehead atoms. The predicted molar refractivity (Wildman–Crippen MR) is 210 cm³/mol. The van der Waals surface area contributed by atoms with Gasteiger partial charge in [0, 0.05) is 12.0 Å². The number of unbranched alkanes of at least 4 members (excludes halogenated alkanes) is 16. The fourth-order valence-electron chi connectivity index (χ4n) is 6.11. The Morgan fingerprint density at radius 2 is 1.13 bits per heavy atom. The van der Waals surface area contributed by atoms with Crippen molar-refractivity contribution in [3.63, 3.8) is 0 Å². The molecule has 0 radical (unpaired) electrons. The SMILES string of the molecule is CCCCCCCCCCCCCCCCOc1ccc(C#CC(=O)Oc2ccc(-c3ccc(C(=O)O[C@@H](C)CCCCCC)cc3)cc2)c(F)c1. The van der Waals surface area contributed by atoms with E-state index in [4.69, 9.17) is 14.2 Å². The number of hydrogen-bond acceptors (Lipinski definition) is 5. The third kappa shape index (κ3) is 17.4. The van der Waals surface area contributed by atoms with Crippen molar-refractivity contribution in [2.75, 3.05) is 6.61 Å². The van der Waals surface area contributed by atoms with Crippen LogP contribution in [0.4, 0.5) is 4.39 Å². The molecule has 5 nitrogen and oxygen atoms in total. The molecule has 3 aromatic rings. The molecule has 3 aromatic carbocycles. The Balaban J connectivity index is 1.32. The van der Waals surface area contributed by atoms with Crippen LogP contribution in [0.25, 0.3) is 11.1 Å². The number of carbonyl (C=O) groups excluding carboxylic acids is 2. The lowest BCUT2D eigenvalue weighted by molar-refractivity contribution is -0.128. The zero-order valence-corrected chi connectivity index (χ0v) is 32.0. The summed E-state index contributed by atoms with van der Waals surface area (Å²) in [5, 5.41) is 0. The standard InChI is InChI=1S/C46H61FO5/c1-4-6-8-10-11-12-13-14-15-16-17-18-19-21-35-50-43-33-29-40(44(47)36-43)30-34-45(48)52-42-31-27-39(28-32-42)38-23-25-41(26-24-38)46(49)51-37(3)22-20-9-7-5-2/h23-29,31-33,36-37H,4-22,35H2,1-3H3/t37-/m0/s1. The zero-order chi connectivity index (χ0) is 37.2. The lowest BCUT2D eigenvalue weighted by Gasteiger charge is -2.13. The number of hydrogen-bond donors (Lipinski definition) is 0. The van der Waals surface area contributed by atoms with Gasteiger partial charge in [-0.05, 0) is 73.7 Å². The molecule has 0 amide bonds. The van der Waals surface area contributed by atoms with Gasteiger partial charge in [-0.3, -0.25) is 0 Å². The van der Waals surface area contributed by atoms with Crippen LogP contribution in [0.1, 0.15) is 159 Å². The van der Waals surface area contributed by atoms with Crippen LogP contribution in [0.5, 0.6) is 11.5 Å². The first-order valence-corrected chi connectivity index (χ1v) is 20.0. The van der Waals surface area contributed by atoms with Crippen molar-refractivity contribution in [3.05, 3.63) is 83.7 Å². The van der Waals surface area contributed by atoms with Gasteiger partial charge in [0.2, 0.25) is 0 Å². The minimum absolute atomic E-state index is 0.102. The van der Waals surface area contributed by atoms with Crippen LogP contribution in [-0.2, 0) is 9.53 Å². The van der Waals surface area contributed by atoms with Crippen molar-refractivity contribution in [3.8, 4) is 34.5 Å². The predicted octanol–water partition coefficient (Wildman–Crippen LogP) is 12.8. The minimum atomic E-state index is -0.785. The third-order valence-corrected chi connectivity index (χ3v) is 9.30. The molecular formula is C46H61FO5. The quantitative estimate of drug-likeness (QED) is 0.0379. The van der Waals surface area contributed by atoms with Crippen molar-refractivity contribution in [1.82, 2.24) is 0 Å². The van der Waals surface area contributed by atoms with Crippen LogP contribution in [0.15, 0.2) is 66.7 Å². The molecule has 0 fully saturated rings. The highest BCUT2D eigenvalue weighted by Gasteiger charge is 2.12. The van der Waals surface area contributed by atoms with E-state index in [1.165, 1.54) is 102 Å². The fraction of sp³-hybridized carbons (Fsp3) is 0.522. The summed E-state index contributed by atoms with van der Waals surface area (Å²) in [5.41, 5.74) is 2.41. The van der Waals surface area contributed by atoms with E-state index < -0.39 is 11.8 Å². The zero-order valence-electron chi connectivity index (χ0n) is 32.0. The highest BCUT2D eigenvalue weighted by atomic mass is 19.1. The second kappa shape index (κ2) is 25.8. The normalized spacial score (nSPS) is 11.4. The van der Waals surface area contributed by atoms with Crippen LogP contribution in [0.3, 0.4) is 0 Å². The van der Waals surface area contributed by atoms with E-state index in [-0.39, 0.29) is 17.6 Å². The second-order valence-corrected chi connectivity index (χ2v) is 13.9. The van der Waals surface area contributed by atoms with E-state index >= 15 is 0 Å². The number of ether oxygens (including phenoxy) is 3. The lowest BCUT2D eigenvalue weighted by atomic mass is 10.0. The van der Waals surface area contributed by atoms with Gasteiger partial charge in [-0.2, -0.15) is 0 Å². The van der Waals surface area contributed by atoms with Gasteiger partial charge in [0.25, 0.3) is 0 Å². The average molecular weight is 713 g/mol. The van der Waals surface area contributed by atoms with E-state index in [0.717, 1.165) is 43.2 Å². The molecule has 0 unspecified atom stereocenters. The Morgan fingerprint density at radius 3 is 1.69 bits per heavy atom. The molecule has 52 heavy (non-hydrogen) atoms. The Hall–Kier alpha value is -4.11. The number of halogens is 1. The van der Waals surface area contributed by atoms with E-state index in [9.17, 15) is 14.0 Å². The van der Waals surface area contributed by atoms with Crippen molar-refractivity contribution in [2.45, 2.75) is 149 Å². The van der Waals surface area contributed by atoms with E-state index in [2.05, 4.69) is 25.7 Å². The largest absolute Gasteiger partial charge is 0.493 e. The monoisotopic (exact) mass is 712 g/mol. The van der Waals surface area contributed by atoms with Crippen molar-refractivity contribution >= 4 is 11.9 Å². The van der Waals surface area contributed by atoms with Crippen LogP contribution in [-0.4, -0.2) is 24.6 Å². The van der Waals surface area contributed by atoms with Crippen molar-refractivity contribution < 1.29 is 28.2 Å². The number of benzene rings is 3. The Bertz CT molecular complexity index is 1500. The van der Waals surface area contributed by atoms with Gasteiger partial charge in [-0.15, -0.1) is 0 Å². The smallest absolute Gasteiger partial charge is 0.390 e. The number of carbonyl (C=O) groups is 2. The highest BCUT2D eigenvalue weighted by Crippen LogP contribution is 2.24. The Kier molecular flexibility index (Phi) is 21.0. The molecule has 0 saturated carbocycles. The van der Waals surface area contributed by atoms with Crippen molar-refractivity contribution in [2.24, 2.45) is 0 Å². The molecule has 0 aliphatic rings. The molecule has 0 aliphatic heterocycles.